The zero-order chi connectivity index (χ0) is 19.2. The Labute approximate surface area is 181 Å². The molecule has 5 nitrogen and oxygen atoms in total. The van der Waals surface area contributed by atoms with E-state index in [9.17, 15) is 4.79 Å². The summed E-state index contributed by atoms with van der Waals surface area (Å²) in [6.45, 7) is 5.61. The Morgan fingerprint density at radius 3 is 2.28 bits per heavy atom. The average molecular weight is 429 g/mol. The second-order valence-electron chi connectivity index (χ2n) is 6.78. The summed E-state index contributed by atoms with van der Waals surface area (Å²) in [5.41, 5.74) is 2.75. The van der Waals surface area contributed by atoms with Crippen LogP contribution in [0.15, 0.2) is 60.7 Å². The van der Waals surface area contributed by atoms with Crippen molar-refractivity contribution < 1.29 is 4.79 Å². The molecule has 0 atom stereocenters. The standard InChI is InChI=1S/C22H24N4OS.ClH/c27-21(24-13-16-26-14-11-23-12-15-26)20-19(17-7-3-1-4-8-17)25-22(28-20)18-9-5-2-6-10-18;/h1-10,23H,11-16H2,(H,24,27);1H. The van der Waals surface area contributed by atoms with Gasteiger partial charge in [0.15, 0.2) is 0 Å². The van der Waals surface area contributed by atoms with Gasteiger partial charge < -0.3 is 10.6 Å². The highest BCUT2D eigenvalue weighted by atomic mass is 35.5. The minimum absolute atomic E-state index is 0. The van der Waals surface area contributed by atoms with Gasteiger partial charge in [0.2, 0.25) is 0 Å². The summed E-state index contributed by atoms with van der Waals surface area (Å²) in [7, 11) is 0. The topological polar surface area (TPSA) is 57.3 Å². The maximum absolute atomic E-state index is 13.0. The Morgan fingerprint density at radius 1 is 1.00 bits per heavy atom. The van der Waals surface area contributed by atoms with Crippen LogP contribution in [0, 0.1) is 0 Å². The first-order chi connectivity index (χ1) is 13.8. The largest absolute Gasteiger partial charge is 0.350 e. The van der Waals surface area contributed by atoms with Crippen molar-refractivity contribution in [3.8, 4) is 21.8 Å². The lowest BCUT2D eigenvalue weighted by atomic mass is 10.1. The van der Waals surface area contributed by atoms with E-state index in [0.29, 0.717) is 11.4 Å². The van der Waals surface area contributed by atoms with Crippen molar-refractivity contribution in [2.75, 3.05) is 39.3 Å². The van der Waals surface area contributed by atoms with E-state index in [1.807, 2.05) is 60.7 Å². The first-order valence-corrected chi connectivity index (χ1v) is 10.5. The van der Waals surface area contributed by atoms with Crippen LogP contribution in [0.4, 0.5) is 0 Å². The van der Waals surface area contributed by atoms with Gasteiger partial charge in [0, 0.05) is 50.4 Å². The molecule has 1 aliphatic rings. The normalized spacial score (nSPS) is 14.2. The molecule has 7 heteroatoms. The number of carbonyl (C=O) groups excluding carboxylic acids is 1. The number of thiazole rings is 1. The molecule has 0 spiro atoms. The Kier molecular flexibility index (Phi) is 7.77. The summed E-state index contributed by atoms with van der Waals surface area (Å²) in [6.07, 6.45) is 0. The molecule has 0 aliphatic carbocycles. The maximum Gasteiger partial charge on any atom is 0.263 e. The average Bonchev–Trinajstić information content (AvgIpc) is 3.21. The first-order valence-electron chi connectivity index (χ1n) is 9.64. The number of benzene rings is 2. The van der Waals surface area contributed by atoms with Crippen LogP contribution in [-0.2, 0) is 0 Å². The van der Waals surface area contributed by atoms with Crippen LogP contribution >= 0.6 is 23.7 Å². The van der Waals surface area contributed by atoms with Gasteiger partial charge in [-0.05, 0) is 0 Å². The fraction of sp³-hybridized carbons (Fsp3) is 0.273. The SMILES string of the molecule is Cl.O=C(NCCN1CCNCC1)c1sc(-c2ccccc2)nc1-c1ccccc1. The molecule has 29 heavy (non-hydrogen) atoms. The lowest BCUT2D eigenvalue weighted by Gasteiger charge is -2.27. The van der Waals surface area contributed by atoms with E-state index in [1.165, 1.54) is 11.3 Å². The molecule has 1 amide bonds. The van der Waals surface area contributed by atoms with Gasteiger partial charge in [-0.3, -0.25) is 9.69 Å². The third-order valence-electron chi connectivity index (χ3n) is 4.82. The van der Waals surface area contributed by atoms with Crippen LogP contribution in [0.1, 0.15) is 9.67 Å². The van der Waals surface area contributed by atoms with Crippen LogP contribution in [-0.4, -0.2) is 55.1 Å². The molecule has 4 rings (SSSR count). The molecule has 1 aliphatic heterocycles. The Morgan fingerprint density at radius 2 is 1.62 bits per heavy atom. The number of hydrogen-bond donors (Lipinski definition) is 2. The lowest BCUT2D eigenvalue weighted by molar-refractivity contribution is 0.0951. The summed E-state index contributed by atoms with van der Waals surface area (Å²) in [6, 6.07) is 20.0. The Balaban J connectivity index is 0.00000240. The van der Waals surface area contributed by atoms with Crippen LogP contribution in [0.2, 0.25) is 0 Å². The number of piperazine rings is 1. The van der Waals surface area contributed by atoms with Crippen molar-refractivity contribution in [2.45, 2.75) is 0 Å². The van der Waals surface area contributed by atoms with Gasteiger partial charge in [0.1, 0.15) is 9.88 Å². The third-order valence-corrected chi connectivity index (χ3v) is 5.93. The molecule has 0 saturated carbocycles. The van der Waals surface area contributed by atoms with Crippen LogP contribution in [0.5, 0.6) is 0 Å². The highest BCUT2D eigenvalue weighted by Gasteiger charge is 2.20. The lowest BCUT2D eigenvalue weighted by Crippen LogP contribution is -2.46. The molecule has 1 saturated heterocycles. The van der Waals surface area contributed by atoms with Gasteiger partial charge in [-0.1, -0.05) is 60.7 Å². The van der Waals surface area contributed by atoms with Crippen molar-refractivity contribution in [3.05, 3.63) is 65.5 Å². The molecule has 2 N–H and O–H groups in total. The smallest absolute Gasteiger partial charge is 0.263 e. The van der Waals surface area contributed by atoms with Crippen LogP contribution in [0.25, 0.3) is 21.8 Å². The van der Waals surface area contributed by atoms with E-state index in [4.69, 9.17) is 4.98 Å². The summed E-state index contributed by atoms with van der Waals surface area (Å²) < 4.78 is 0. The maximum atomic E-state index is 13.0. The van der Waals surface area contributed by atoms with Crippen molar-refractivity contribution in [3.63, 3.8) is 0 Å². The molecule has 3 aromatic rings. The number of carbonyl (C=O) groups is 1. The van der Waals surface area contributed by atoms with E-state index in [1.54, 1.807) is 0 Å². The molecule has 1 aromatic heterocycles. The molecular formula is C22H25ClN4OS. The number of aromatic nitrogens is 1. The minimum atomic E-state index is -0.0475. The number of nitrogens with one attached hydrogen (secondary N) is 2. The van der Waals surface area contributed by atoms with Gasteiger partial charge in [0.05, 0.1) is 5.69 Å². The third kappa shape index (κ3) is 5.42. The minimum Gasteiger partial charge on any atom is -0.350 e. The highest BCUT2D eigenvalue weighted by molar-refractivity contribution is 7.17. The van der Waals surface area contributed by atoms with Gasteiger partial charge in [-0.25, -0.2) is 4.98 Å². The zero-order valence-electron chi connectivity index (χ0n) is 16.1. The molecular weight excluding hydrogens is 404 g/mol. The molecule has 2 heterocycles. The van der Waals surface area contributed by atoms with E-state index in [0.717, 1.165) is 54.6 Å². The second kappa shape index (κ2) is 10.5. The fourth-order valence-corrected chi connectivity index (χ4v) is 4.32. The molecule has 152 valence electrons. The van der Waals surface area contributed by atoms with E-state index in [-0.39, 0.29) is 18.3 Å². The number of halogens is 1. The molecule has 1 fully saturated rings. The second-order valence-corrected chi connectivity index (χ2v) is 7.78. The van der Waals surface area contributed by atoms with Gasteiger partial charge in [-0.15, -0.1) is 23.7 Å². The summed E-state index contributed by atoms with van der Waals surface area (Å²) in [4.78, 5) is 20.8. The van der Waals surface area contributed by atoms with Crippen LogP contribution in [0.3, 0.4) is 0 Å². The predicted octanol–water partition coefficient (Wildman–Crippen LogP) is 3.53. The van der Waals surface area contributed by atoms with Crippen molar-refractivity contribution >= 4 is 29.7 Å². The summed E-state index contributed by atoms with van der Waals surface area (Å²) in [5, 5.41) is 7.31. The Hall–Kier alpha value is -2.25. The monoisotopic (exact) mass is 428 g/mol. The molecule has 2 aromatic carbocycles. The van der Waals surface area contributed by atoms with Crippen molar-refractivity contribution in [1.29, 1.82) is 0 Å². The summed E-state index contributed by atoms with van der Waals surface area (Å²) in [5.74, 6) is -0.0475. The van der Waals surface area contributed by atoms with E-state index >= 15 is 0 Å². The number of hydrogen-bond acceptors (Lipinski definition) is 5. The van der Waals surface area contributed by atoms with Crippen LogP contribution < -0.4 is 10.6 Å². The Bertz CT molecular complexity index is 911. The number of nitrogens with zero attached hydrogens (tertiary/aromatic N) is 2. The summed E-state index contributed by atoms with van der Waals surface area (Å²) >= 11 is 1.45. The van der Waals surface area contributed by atoms with Gasteiger partial charge >= 0.3 is 0 Å². The zero-order valence-corrected chi connectivity index (χ0v) is 17.8. The quantitative estimate of drug-likeness (QED) is 0.630. The first kappa shape index (κ1) is 21.5. The van der Waals surface area contributed by atoms with E-state index < -0.39 is 0 Å². The predicted molar refractivity (Wildman–Crippen MR) is 122 cm³/mol. The fourth-order valence-electron chi connectivity index (χ4n) is 3.31. The van der Waals surface area contributed by atoms with Gasteiger partial charge in [0.25, 0.3) is 5.91 Å². The molecule has 0 unspecified atom stereocenters. The van der Waals surface area contributed by atoms with Crippen molar-refractivity contribution in [2.24, 2.45) is 0 Å². The highest BCUT2D eigenvalue weighted by Crippen LogP contribution is 2.33. The number of rotatable bonds is 6. The molecule has 0 radical (unpaired) electrons. The van der Waals surface area contributed by atoms with E-state index in [2.05, 4.69) is 15.5 Å². The van der Waals surface area contributed by atoms with Gasteiger partial charge in [-0.2, -0.15) is 0 Å². The number of amides is 1. The van der Waals surface area contributed by atoms with Crippen molar-refractivity contribution in [1.82, 2.24) is 20.5 Å². The molecule has 0 bridgehead atoms.